The number of hydrogen-bond acceptors (Lipinski definition) is 9. The van der Waals surface area contributed by atoms with Gasteiger partial charge in [-0.15, -0.1) is 0 Å². The van der Waals surface area contributed by atoms with Gasteiger partial charge in [-0.1, -0.05) is 30.3 Å². The lowest BCUT2D eigenvalue weighted by Gasteiger charge is -2.09. The summed E-state index contributed by atoms with van der Waals surface area (Å²) in [4.78, 5) is 30.7. The summed E-state index contributed by atoms with van der Waals surface area (Å²) in [5.41, 5.74) is 4.30. The summed E-state index contributed by atoms with van der Waals surface area (Å²) in [6.45, 7) is 0.933. The first kappa shape index (κ1) is 26.6. The number of aromatic nitrogens is 2. The van der Waals surface area contributed by atoms with E-state index in [9.17, 15) is 14.9 Å². The molecule has 0 radical (unpaired) electrons. The maximum Gasteiger partial charge on any atom is 0.337 e. The monoisotopic (exact) mass is 523 g/mol. The van der Waals surface area contributed by atoms with Crippen molar-refractivity contribution in [1.29, 1.82) is 5.26 Å². The fourth-order valence-corrected chi connectivity index (χ4v) is 3.50. The number of hydrazone groups is 1. The molecule has 1 heterocycles. The van der Waals surface area contributed by atoms with Crippen LogP contribution in [0.5, 0.6) is 11.5 Å². The number of methoxy groups -OCH3 is 1. The van der Waals surface area contributed by atoms with Gasteiger partial charge in [0, 0.05) is 12.0 Å². The highest BCUT2D eigenvalue weighted by atomic mass is 16.5. The fraction of sp³-hybridized carbons (Fsp3) is 0.138. The Balaban J connectivity index is 1.25. The van der Waals surface area contributed by atoms with Crippen LogP contribution in [0.2, 0.25) is 0 Å². The Morgan fingerprint density at radius 3 is 2.26 bits per heavy atom. The molecule has 0 amide bonds. The SMILES string of the molecule is COC(=O)c1ccc(OCCCOc2ccc(C=NNc3nc(-c4ccccc4)c(C#N)c(=O)[nH]3)cc2)cc1. The number of nitrogens with zero attached hydrogens (tertiary/aromatic N) is 3. The molecule has 0 aliphatic carbocycles. The Labute approximate surface area is 224 Å². The molecule has 0 saturated heterocycles. The van der Waals surface area contributed by atoms with Gasteiger partial charge in [0.25, 0.3) is 5.56 Å². The lowest BCUT2D eigenvalue weighted by atomic mass is 10.1. The van der Waals surface area contributed by atoms with Crippen molar-refractivity contribution in [1.82, 2.24) is 9.97 Å². The average molecular weight is 524 g/mol. The third kappa shape index (κ3) is 7.30. The maximum absolute atomic E-state index is 12.3. The second-order valence-electron chi connectivity index (χ2n) is 8.12. The third-order valence-electron chi connectivity index (χ3n) is 5.44. The smallest absolute Gasteiger partial charge is 0.337 e. The van der Waals surface area contributed by atoms with Crippen molar-refractivity contribution in [3.8, 4) is 28.8 Å². The number of rotatable bonds is 11. The molecule has 0 fully saturated rings. The zero-order valence-electron chi connectivity index (χ0n) is 21.1. The number of nitrogens with one attached hydrogen (secondary N) is 2. The van der Waals surface area contributed by atoms with E-state index in [-0.39, 0.29) is 23.2 Å². The van der Waals surface area contributed by atoms with Gasteiger partial charge in [-0.2, -0.15) is 10.4 Å². The molecule has 39 heavy (non-hydrogen) atoms. The van der Waals surface area contributed by atoms with E-state index in [0.717, 1.165) is 5.56 Å². The average Bonchev–Trinajstić information content (AvgIpc) is 2.98. The normalized spacial score (nSPS) is 10.6. The van der Waals surface area contributed by atoms with E-state index in [2.05, 4.69) is 25.2 Å². The first-order chi connectivity index (χ1) is 19.1. The van der Waals surface area contributed by atoms with E-state index in [1.54, 1.807) is 54.7 Å². The number of hydrogen-bond donors (Lipinski definition) is 2. The van der Waals surface area contributed by atoms with Gasteiger partial charge in [-0.05, 0) is 54.1 Å². The predicted octanol–water partition coefficient (Wildman–Crippen LogP) is 4.39. The van der Waals surface area contributed by atoms with Crippen LogP contribution in [0.25, 0.3) is 11.3 Å². The van der Waals surface area contributed by atoms with Gasteiger partial charge < -0.3 is 14.2 Å². The molecule has 4 rings (SSSR count). The number of nitriles is 1. The molecule has 0 saturated carbocycles. The van der Waals surface area contributed by atoms with Crippen LogP contribution in [0.3, 0.4) is 0 Å². The molecule has 0 aliphatic rings. The van der Waals surface area contributed by atoms with Crippen LogP contribution < -0.4 is 20.5 Å². The number of aromatic amines is 1. The van der Waals surface area contributed by atoms with E-state index in [4.69, 9.17) is 9.47 Å². The summed E-state index contributed by atoms with van der Waals surface area (Å²) in [5, 5.41) is 13.5. The van der Waals surface area contributed by atoms with E-state index >= 15 is 0 Å². The Morgan fingerprint density at radius 1 is 1.00 bits per heavy atom. The van der Waals surface area contributed by atoms with Crippen molar-refractivity contribution in [2.45, 2.75) is 6.42 Å². The van der Waals surface area contributed by atoms with Crippen LogP contribution in [0, 0.1) is 11.3 Å². The molecule has 196 valence electrons. The standard InChI is InChI=1S/C29H25N5O5/c1-37-28(36)22-10-14-24(15-11-22)39-17-5-16-38-23-12-8-20(9-13-23)19-31-34-29-32-26(21-6-3-2-4-7-21)25(18-30)27(35)33-29/h2-4,6-15,19H,5,16-17H2,1H3,(H2,32,33,34,35). The van der Waals surface area contributed by atoms with E-state index in [1.807, 2.05) is 36.4 Å². The molecule has 10 nitrogen and oxygen atoms in total. The molecular weight excluding hydrogens is 498 g/mol. The topological polar surface area (TPSA) is 139 Å². The highest BCUT2D eigenvalue weighted by Gasteiger charge is 2.12. The maximum atomic E-state index is 12.3. The summed E-state index contributed by atoms with van der Waals surface area (Å²) in [6.07, 6.45) is 2.25. The van der Waals surface area contributed by atoms with Gasteiger partial charge in [0.2, 0.25) is 5.95 Å². The summed E-state index contributed by atoms with van der Waals surface area (Å²) < 4.78 is 16.1. The summed E-state index contributed by atoms with van der Waals surface area (Å²) in [7, 11) is 1.34. The zero-order valence-corrected chi connectivity index (χ0v) is 21.1. The van der Waals surface area contributed by atoms with Crippen LogP contribution in [-0.2, 0) is 4.74 Å². The van der Waals surface area contributed by atoms with Gasteiger partial charge in [0.1, 0.15) is 23.1 Å². The third-order valence-corrected chi connectivity index (χ3v) is 5.44. The first-order valence-electron chi connectivity index (χ1n) is 12.0. The number of carbonyl (C=O) groups is 1. The van der Waals surface area contributed by atoms with Crippen LogP contribution >= 0.6 is 0 Å². The van der Waals surface area contributed by atoms with Crippen molar-refractivity contribution in [3.05, 3.63) is 106 Å². The molecule has 0 unspecified atom stereocenters. The van der Waals surface area contributed by atoms with Crippen molar-refractivity contribution in [3.63, 3.8) is 0 Å². The number of ether oxygens (including phenoxy) is 3. The minimum atomic E-state index is -0.549. The molecule has 0 bridgehead atoms. The van der Waals surface area contributed by atoms with Gasteiger partial charge in [0.15, 0.2) is 0 Å². The molecule has 0 spiro atoms. The Kier molecular flexibility index (Phi) is 9.02. The molecule has 1 aromatic heterocycles. The lowest BCUT2D eigenvalue weighted by molar-refractivity contribution is 0.0600. The van der Waals surface area contributed by atoms with Crippen LogP contribution in [-0.4, -0.2) is 42.5 Å². The zero-order chi connectivity index (χ0) is 27.5. The van der Waals surface area contributed by atoms with E-state index in [0.29, 0.717) is 42.3 Å². The van der Waals surface area contributed by atoms with Crippen molar-refractivity contribution in [2.24, 2.45) is 5.10 Å². The Morgan fingerprint density at radius 2 is 1.64 bits per heavy atom. The number of anilines is 1. The van der Waals surface area contributed by atoms with Crippen molar-refractivity contribution >= 4 is 18.1 Å². The summed E-state index contributed by atoms with van der Waals surface area (Å²) in [6, 6.07) is 25.0. The van der Waals surface area contributed by atoms with Gasteiger partial charge in [-0.3, -0.25) is 9.78 Å². The van der Waals surface area contributed by atoms with Crippen LogP contribution in [0.1, 0.15) is 27.9 Å². The number of carbonyl (C=O) groups excluding carboxylic acids is 1. The fourth-order valence-electron chi connectivity index (χ4n) is 3.50. The molecule has 0 aliphatic heterocycles. The molecule has 3 aromatic carbocycles. The van der Waals surface area contributed by atoms with Crippen LogP contribution in [0.15, 0.2) is 88.8 Å². The second kappa shape index (κ2) is 13.2. The van der Waals surface area contributed by atoms with E-state index in [1.165, 1.54) is 7.11 Å². The number of benzene rings is 3. The molecule has 4 aromatic rings. The van der Waals surface area contributed by atoms with Crippen molar-refractivity contribution < 1.29 is 19.0 Å². The van der Waals surface area contributed by atoms with Gasteiger partial charge >= 0.3 is 5.97 Å². The lowest BCUT2D eigenvalue weighted by Crippen LogP contribution is -2.16. The molecule has 0 atom stereocenters. The molecule has 10 heteroatoms. The number of H-pyrrole nitrogens is 1. The first-order valence-corrected chi connectivity index (χ1v) is 12.0. The highest BCUT2D eigenvalue weighted by Crippen LogP contribution is 2.19. The summed E-state index contributed by atoms with van der Waals surface area (Å²) >= 11 is 0. The minimum absolute atomic E-state index is 0.0628. The second-order valence-corrected chi connectivity index (χ2v) is 8.12. The van der Waals surface area contributed by atoms with Gasteiger partial charge in [-0.25, -0.2) is 15.2 Å². The largest absolute Gasteiger partial charge is 0.493 e. The Hall–Kier alpha value is -5.43. The predicted molar refractivity (Wildman–Crippen MR) is 146 cm³/mol. The quantitative estimate of drug-likeness (QED) is 0.128. The number of esters is 1. The summed E-state index contributed by atoms with van der Waals surface area (Å²) in [5.74, 6) is 1.10. The van der Waals surface area contributed by atoms with Crippen LogP contribution in [0.4, 0.5) is 5.95 Å². The minimum Gasteiger partial charge on any atom is -0.493 e. The highest BCUT2D eigenvalue weighted by molar-refractivity contribution is 5.89. The van der Waals surface area contributed by atoms with Gasteiger partial charge in [0.05, 0.1) is 37.8 Å². The Bertz CT molecular complexity index is 1530. The van der Waals surface area contributed by atoms with E-state index < -0.39 is 5.56 Å². The molecular formula is C29H25N5O5. The molecule has 2 N–H and O–H groups in total. The van der Waals surface area contributed by atoms with Crippen molar-refractivity contribution in [2.75, 3.05) is 25.7 Å².